The molecule has 1 fully saturated rings. The molecular formula is C15H18Br3NO2. The van der Waals surface area contributed by atoms with Crippen LogP contribution in [0.15, 0.2) is 21.1 Å². The molecule has 6 heteroatoms. The first-order valence-electron chi connectivity index (χ1n) is 7.00. The van der Waals surface area contributed by atoms with Crippen LogP contribution in [0.25, 0.3) is 0 Å². The molecule has 2 aliphatic heterocycles. The summed E-state index contributed by atoms with van der Waals surface area (Å²) in [4.78, 5) is 14.4. The summed E-state index contributed by atoms with van der Waals surface area (Å²) in [6, 6.07) is 3.79. The third-order valence-corrected chi connectivity index (χ3v) is 5.33. The molecule has 0 amide bonds. The van der Waals surface area contributed by atoms with E-state index < -0.39 is 5.41 Å². The van der Waals surface area contributed by atoms with Crippen molar-refractivity contribution < 1.29 is 31.4 Å². The molecule has 1 atom stereocenters. The number of hydrogen-bond donors (Lipinski definition) is 1. The Morgan fingerprint density at radius 2 is 1.95 bits per heavy atom. The average Bonchev–Trinajstić information content (AvgIpc) is 2.87. The standard InChI is InChI=1S/C15H17Br2NO2.BrH/c1-15(8-18-4-2-3-5-18)9-20-13-11(14(15)19)6-10(16)7-12(13)17;/h6-7H,2-5,8-9H2,1H3;1H. The van der Waals surface area contributed by atoms with Crippen molar-refractivity contribution in [1.82, 2.24) is 0 Å². The fraction of sp³-hybridized carbons (Fsp3) is 0.533. The lowest BCUT2D eigenvalue weighted by Gasteiger charge is -2.34. The molecule has 1 saturated heterocycles. The summed E-state index contributed by atoms with van der Waals surface area (Å²) in [5.41, 5.74) is 0.283. The van der Waals surface area contributed by atoms with Gasteiger partial charge in [-0.2, -0.15) is 0 Å². The topological polar surface area (TPSA) is 30.7 Å². The minimum absolute atomic E-state index is 0. The molecule has 1 aromatic carbocycles. The predicted octanol–water partition coefficient (Wildman–Crippen LogP) is -0.524. The van der Waals surface area contributed by atoms with Gasteiger partial charge in [0.15, 0.2) is 5.78 Å². The summed E-state index contributed by atoms with van der Waals surface area (Å²) in [7, 11) is 0. The average molecular weight is 484 g/mol. The highest BCUT2D eigenvalue weighted by molar-refractivity contribution is 9.11. The van der Waals surface area contributed by atoms with Gasteiger partial charge >= 0.3 is 0 Å². The van der Waals surface area contributed by atoms with Gasteiger partial charge in [0, 0.05) is 17.3 Å². The van der Waals surface area contributed by atoms with Crippen molar-refractivity contribution in [2.24, 2.45) is 5.41 Å². The predicted molar refractivity (Wildman–Crippen MR) is 84.6 cm³/mol. The summed E-state index contributed by atoms with van der Waals surface area (Å²) in [5, 5.41) is 0. The Kier molecular flexibility index (Phi) is 5.55. The number of ketones is 1. The van der Waals surface area contributed by atoms with E-state index in [9.17, 15) is 4.79 Å². The van der Waals surface area contributed by atoms with Gasteiger partial charge in [0.1, 0.15) is 17.8 Å². The Morgan fingerprint density at radius 3 is 2.62 bits per heavy atom. The Morgan fingerprint density at radius 1 is 1.29 bits per heavy atom. The first-order valence-corrected chi connectivity index (χ1v) is 8.58. The van der Waals surface area contributed by atoms with E-state index in [0.29, 0.717) is 17.9 Å². The van der Waals surface area contributed by atoms with Gasteiger partial charge in [0.05, 0.1) is 29.7 Å². The number of fused-ring (bicyclic) bond motifs is 1. The SMILES string of the molecule is CC1(C[NH+]2CCCC2)COc2c(Br)cc(Br)cc2C1=O.[Br-]. The van der Waals surface area contributed by atoms with Crippen molar-refractivity contribution in [2.75, 3.05) is 26.2 Å². The van der Waals surface area contributed by atoms with E-state index in [4.69, 9.17) is 4.74 Å². The summed E-state index contributed by atoms with van der Waals surface area (Å²) >= 11 is 6.93. The van der Waals surface area contributed by atoms with Crippen molar-refractivity contribution in [3.05, 3.63) is 26.6 Å². The Labute approximate surface area is 152 Å². The second kappa shape index (κ2) is 6.69. The van der Waals surface area contributed by atoms with Crippen LogP contribution in [-0.4, -0.2) is 32.0 Å². The second-order valence-electron chi connectivity index (χ2n) is 6.08. The van der Waals surface area contributed by atoms with Crippen LogP contribution in [0.5, 0.6) is 5.75 Å². The van der Waals surface area contributed by atoms with Crippen LogP contribution < -0.4 is 26.6 Å². The van der Waals surface area contributed by atoms with Gasteiger partial charge in [-0.15, -0.1) is 0 Å². The normalized spacial score (nSPS) is 25.2. The summed E-state index contributed by atoms with van der Waals surface area (Å²) in [6.07, 6.45) is 2.54. The van der Waals surface area contributed by atoms with Crippen molar-refractivity contribution in [1.29, 1.82) is 0 Å². The van der Waals surface area contributed by atoms with Crippen LogP contribution in [0, 0.1) is 5.41 Å². The lowest BCUT2D eigenvalue weighted by Crippen LogP contribution is -3.11. The largest absolute Gasteiger partial charge is 1.00 e. The summed E-state index contributed by atoms with van der Waals surface area (Å²) in [5.74, 6) is 0.896. The smallest absolute Gasteiger partial charge is 0.181 e. The highest BCUT2D eigenvalue weighted by Crippen LogP contribution is 2.40. The second-order valence-corrected chi connectivity index (χ2v) is 7.85. The molecule has 0 bridgehead atoms. The van der Waals surface area contributed by atoms with Gasteiger partial charge in [-0.25, -0.2) is 0 Å². The number of likely N-dealkylation sites (tertiary alicyclic amines) is 1. The number of ether oxygens (including phenoxy) is 1. The Bertz CT molecular complexity index is 558. The first kappa shape index (κ1) is 17.4. The van der Waals surface area contributed by atoms with Crippen molar-refractivity contribution in [2.45, 2.75) is 19.8 Å². The lowest BCUT2D eigenvalue weighted by atomic mass is 9.80. The number of quaternary nitrogens is 1. The number of rotatable bonds is 2. The van der Waals surface area contributed by atoms with Crippen LogP contribution >= 0.6 is 31.9 Å². The van der Waals surface area contributed by atoms with E-state index in [1.54, 1.807) is 0 Å². The molecule has 3 nitrogen and oxygen atoms in total. The third-order valence-electron chi connectivity index (χ3n) is 4.29. The maximum atomic E-state index is 12.9. The van der Waals surface area contributed by atoms with Crippen molar-refractivity contribution in [3.63, 3.8) is 0 Å². The van der Waals surface area contributed by atoms with Crippen molar-refractivity contribution in [3.8, 4) is 5.75 Å². The monoisotopic (exact) mass is 481 g/mol. The molecular weight excluding hydrogens is 466 g/mol. The molecule has 2 heterocycles. The van der Waals surface area contributed by atoms with Gasteiger partial charge in [0.2, 0.25) is 0 Å². The lowest BCUT2D eigenvalue weighted by molar-refractivity contribution is -0.892. The number of carbonyl (C=O) groups is 1. The highest BCUT2D eigenvalue weighted by atomic mass is 79.9. The maximum absolute atomic E-state index is 12.9. The minimum Gasteiger partial charge on any atom is -1.00 e. The molecule has 1 N–H and O–H groups in total. The summed E-state index contributed by atoms with van der Waals surface area (Å²) in [6.45, 7) is 5.74. The molecule has 2 aliphatic rings. The molecule has 0 saturated carbocycles. The molecule has 1 aromatic rings. The molecule has 0 aromatic heterocycles. The Balaban J connectivity index is 0.00000161. The van der Waals surface area contributed by atoms with Gasteiger partial charge in [-0.3, -0.25) is 4.79 Å². The Hall–Kier alpha value is 0.0900. The molecule has 116 valence electrons. The molecule has 3 rings (SSSR count). The van der Waals surface area contributed by atoms with E-state index in [1.165, 1.54) is 30.8 Å². The van der Waals surface area contributed by atoms with Gasteiger partial charge < -0.3 is 26.6 Å². The quantitative estimate of drug-likeness (QED) is 0.613. The number of hydrogen-bond acceptors (Lipinski definition) is 2. The fourth-order valence-corrected chi connectivity index (χ4v) is 4.57. The van der Waals surface area contributed by atoms with Crippen LogP contribution in [-0.2, 0) is 0 Å². The van der Waals surface area contributed by atoms with Crippen LogP contribution in [0.1, 0.15) is 30.1 Å². The fourth-order valence-electron chi connectivity index (χ4n) is 3.23. The van der Waals surface area contributed by atoms with E-state index in [0.717, 1.165) is 15.5 Å². The van der Waals surface area contributed by atoms with E-state index in [2.05, 4.69) is 31.9 Å². The first-order chi connectivity index (χ1) is 9.49. The molecule has 1 unspecified atom stereocenters. The summed E-state index contributed by atoms with van der Waals surface area (Å²) < 4.78 is 7.64. The number of carbonyl (C=O) groups excluding carboxylic acids is 1. The third kappa shape index (κ3) is 3.38. The zero-order valence-corrected chi connectivity index (χ0v) is 16.6. The van der Waals surface area contributed by atoms with Crippen molar-refractivity contribution >= 4 is 37.6 Å². The highest BCUT2D eigenvalue weighted by Gasteiger charge is 2.44. The zero-order valence-electron chi connectivity index (χ0n) is 11.8. The minimum atomic E-state index is -0.410. The number of benzene rings is 1. The van der Waals surface area contributed by atoms with Gasteiger partial charge in [-0.1, -0.05) is 15.9 Å². The maximum Gasteiger partial charge on any atom is 0.181 e. The van der Waals surface area contributed by atoms with Crippen LogP contribution in [0.4, 0.5) is 0 Å². The van der Waals surface area contributed by atoms with Crippen LogP contribution in [0.2, 0.25) is 0 Å². The number of Topliss-reactive ketones (excluding diaryl/α,β-unsaturated/α-hetero) is 1. The van der Waals surface area contributed by atoms with E-state index >= 15 is 0 Å². The zero-order chi connectivity index (χ0) is 14.3. The molecule has 0 aliphatic carbocycles. The molecule has 21 heavy (non-hydrogen) atoms. The van der Waals surface area contributed by atoms with Crippen LogP contribution in [0.3, 0.4) is 0 Å². The number of nitrogens with one attached hydrogen (secondary N) is 1. The van der Waals surface area contributed by atoms with Gasteiger partial charge in [0.25, 0.3) is 0 Å². The van der Waals surface area contributed by atoms with Gasteiger partial charge in [-0.05, 0) is 35.0 Å². The molecule has 0 radical (unpaired) electrons. The number of halogens is 3. The van der Waals surface area contributed by atoms with E-state index in [1.807, 2.05) is 19.1 Å². The molecule has 0 spiro atoms. The van der Waals surface area contributed by atoms with E-state index in [-0.39, 0.29) is 22.8 Å².